The van der Waals surface area contributed by atoms with Gasteiger partial charge in [-0.3, -0.25) is 9.78 Å². The second-order valence-corrected chi connectivity index (χ2v) is 5.78. The molecule has 1 heterocycles. The van der Waals surface area contributed by atoms with Gasteiger partial charge in [-0.2, -0.15) is 0 Å². The summed E-state index contributed by atoms with van der Waals surface area (Å²) in [6, 6.07) is 16.8. The van der Waals surface area contributed by atoms with E-state index >= 15 is 0 Å². The number of anilines is 1. The van der Waals surface area contributed by atoms with Gasteiger partial charge in [-0.25, -0.2) is 0 Å². The van der Waals surface area contributed by atoms with Crippen LogP contribution in [0.1, 0.15) is 16.1 Å². The van der Waals surface area contributed by atoms with Gasteiger partial charge < -0.3 is 14.8 Å². The maximum absolute atomic E-state index is 12.6. The predicted molar refractivity (Wildman–Crippen MR) is 102 cm³/mol. The molecular weight excluding hydrogens is 328 g/mol. The van der Waals surface area contributed by atoms with Gasteiger partial charge in [0.15, 0.2) is 0 Å². The normalized spacial score (nSPS) is 10.3. The third-order valence-corrected chi connectivity index (χ3v) is 4.03. The van der Waals surface area contributed by atoms with Crippen LogP contribution in [-0.4, -0.2) is 25.1 Å². The summed E-state index contributed by atoms with van der Waals surface area (Å²) in [6.45, 7) is 1.96. The molecule has 5 nitrogen and oxygen atoms in total. The predicted octanol–water partition coefficient (Wildman–Crippen LogP) is 4.33. The maximum Gasteiger partial charge on any atom is 0.259 e. The number of rotatable bonds is 5. The van der Waals surface area contributed by atoms with E-state index in [-0.39, 0.29) is 5.91 Å². The van der Waals surface area contributed by atoms with Crippen LogP contribution in [0, 0.1) is 6.92 Å². The first-order chi connectivity index (χ1) is 12.6. The molecule has 1 aromatic heterocycles. The molecule has 3 rings (SSSR count). The molecule has 0 spiro atoms. The molecule has 0 saturated heterocycles. The van der Waals surface area contributed by atoms with E-state index in [1.54, 1.807) is 31.5 Å². The molecule has 0 atom stereocenters. The van der Waals surface area contributed by atoms with Crippen LogP contribution in [0.5, 0.6) is 11.5 Å². The van der Waals surface area contributed by atoms with Crippen molar-refractivity contribution >= 4 is 11.6 Å². The number of ether oxygens (including phenoxy) is 2. The third kappa shape index (κ3) is 3.83. The van der Waals surface area contributed by atoms with Crippen LogP contribution in [0.15, 0.2) is 60.8 Å². The minimum atomic E-state index is -0.239. The number of benzene rings is 2. The minimum Gasteiger partial charge on any atom is -0.497 e. The summed E-state index contributed by atoms with van der Waals surface area (Å²) in [7, 11) is 3.09. The lowest BCUT2D eigenvalue weighted by Gasteiger charge is -2.11. The molecule has 2 aromatic carbocycles. The molecule has 1 amide bonds. The van der Waals surface area contributed by atoms with E-state index in [2.05, 4.69) is 10.3 Å². The maximum atomic E-state index is 12.6. The topological polar surface area (TPSA) is 60.5 Å². The molecule has 0 bridgehead atoms. The van der Waals surface area contributed by atoms with Crippen LogP contribution in [0.2, 0.25) is 0 Å². The Morgan fingerprint density at radius 3 is 2.35 bits per heavy atom. The molecule has 5 heteroatoms. The summed E-state index contributed by atoms with van der Waals surface area (Å²) in [6.07, 6.45) is 1.79. The second kappa shape index (κ2) is 7.70. The van der Waals surface area contributed by atoms with Crippen LogP contribution in [0.25, 0.3) is 11.1 Å². The third-order valence-electron chi connectivity index (χ3n) is 4.03. The van der Waals surface area contributed by atoms with Gasteiger partial charge in [0, 0.05) is 23.6 Å². The summed E-state index contributed by atoms with van der Waals surface area (Å²) in [5, 5.41) is 2.89. The van der Waals surface area contributed by atoms with Crippen molar-refractivity contribution in [2.24, 2.45) is 0 Å². The fraction of sp³-hybridized carbons (Fsp3) is 0.143. The minimum absolute atomic E-state index is 0.239. The number of aryl methyl sites for hydroxylation is 1. The number of aromatic nitrogens is 1. The van der Waals surface area contributed by atoms with Gasteiger partial charge in [-0.05, 0) is 54.4 Å². The summed E-state index contributed by atoms with van der Waals surface area (Å²) in [5.74, 6) is 0.859. The van der Waals surface area contributed by atoms with E-state index < -0.39 is 0 Å². The Morgan fingerprint density at radius 2 is 1.69 bits per heavy atom. The largest absolute Gasteiger partial charge is 0.497 e. The number of nitrogens with zero attached hydrogens (tertiary/aromatic N) is 1. The fourth-order valence-corrected chi connectivity index (χ4v) is 2.66. The zero-order chi connectivity index (χ0) is 18.5. The zero-order valence-corrected chi connectivity index (χ0v) is 14.9. The Labute approximate surface area is 152 Å². The average molecular weight is 348 g/mol. The van der Waals surface area contributed by atoms with Gasteiger partial charge in [0.25, 0.3) is 5.91 Å². The Kier molecular flexibility index (Phi) is 5.17. The van der Waals surface area contributed by atoms with E-state index in [0.29, 0.717) is 22.7 Å². The number of amides is 1. The molecule has 0 fully saturated rings. The van der Waals surface area contributed by atoms with Gasteiger partial charge in [0.2, 0.25) is 0 Å². The van der Waals surface area contributed by atoms with E-state index in [1.807, 2.05) is 43.3 Å². The van der Waals surface area contributed by atoms with E-state index in [0.717, 1.165) is 16.8 Å². The molecule has 0 saturated carbocycles. The highest BCUT2D eigenvalue weighted by Gasteiger charge is 2.13. The zero-order valence-electron chi connectivity index (χ0n) is 14.9. The highest BCUT2D eigenvalue weighted by Crippen LogP contribution is 2.26. The smallest absolute Gasteiger partial charge is 0.259 e. The van der Waals surface area contributed by atoms with Crippen molar-refractivity contribution in [1.29, 1.82) is 0 Å². The quantitative estimate of drug-likeness (QED) is 0.746. The van der Waals surface area contributed by atoms with Crippen molar-refractivity contribution in [3.05, 3.63) is 72.1 Å². The Bertz CT molecular complexity index is 921. The van der Waals surface area contributed by atoms with Gasteiger partial charge >= 0.3 is 0 Å². The van der Waals surface area contributed by atoms with Gasteiger partial charge in [0.1, 0.15) is 11.5 Å². The molecule has 26 heavy (non-hydrogen) atoms. The first-order valence-electron chi connectivity index (χ1n) is 8.17. The molecule has 132 valence electrons. The van der Waals surface area contributed by atoms with Crippen molar-refractivity contribution in [1.82, 2.24) is 4.98 Å². The highest BCUT2D eigenvalue weighted by molar-refractivity contribution is 6.06. The molecule has 1 N–H and O–H groups in total. The molecule has 0 radical (unpaired) electrons. The molecule has 0 unspecified atom stereocenters. The Morgan fingerprint density at radius 1 is 0.923 bits per heavy atom. The van der Waals surface area contributed by atoms with Crippen LogP contribution < -0.4 is 14.8 Å². The van der Waals surface area contributed by atoms with E-state index in [1.165, 1.54) is 7.11 Å². The summed E-state index contributed by atoms with van der Waals surface area (Å²) in [4.78, 5) is 16.8. The van der Waals surface area contributed by atoms with Crippen molar-refractivity contribution in [3.8, 4) is 22.6 Å². The van der Waals surface area contributed by atoms with Gasteiger partial charge in [-0.1, -0.05) is 12.1 Å². The lowest BCUT2D eigenvalue weighted by molar-refractivity contribution is 0.102. The molecule has 3 aromatic rings. The van der Waals surface area contributed by atoms with Gasteiger partial charge in [-0.15, -0.1) is 0 Å². The highest BCUT2D eigenvalue weighted by atomic mass is 16.5. The number of methoxy groups -OCH3 is 2. The Balaban J connectivity index is 1.78. The van der Waals surface area contributed by atoms with Crippen molar-refractivity contribution in [2.75, 3.05) is 19.5 Å². The number of hydrogen-bond acceptors (Lipinski definition) is 4. The van der Waals surface area contributed by atoms with Crippen LogP contribution in [0.3, 0.4) is 0 Å². The average Bonchev–Trinajstić information content (AvgIpc) is 2.68. The monoisotopic (exact) mass is 348 g/mol. The molecule has 0 aliphatic carbocycles. The van der Waals surface area contributed by atoms with Crippen molar-refractivity contribution < 1.29 is 14.3 Å². The molecule has 0 aliphatic rings. The Hall–Kier alpha value is -3.34. The standard InChI is InChI=1S/C21H20N2O3/c1-14-12-16(10-11-22-14)15-4-6-17(7-5-15)23-21(24)19-9-8-18(25-2)13-20(19)26-3/h4-13H,1-3H3,(H,23,24). The van der Waals surface area contributed by atoms with E-state index in [4.69, 9.17) is 9.47 Å². The van der Waals surface area contributed by atoms with Crippen LogP contribution >= 0.6 is 0 Å². The summed E-state index contributed by atoms with van der Waals surface area (Å²) in [5.41, 5.74) is 4.28. The van der Waals surface area contributed by atoms with Gasteiger partial charge in [0.05, 0.1) is 19.8 Å². The summed E-state index contributed by atoms with van der Waals surface area (Å²) < 4.78 is 10.4. The molecule has 0 aliphatic heterocycles. The lowest BCUT2D eigenvalue weighted by atomic mass is 10.1. The first kappa shape index (κ1) is 17.5. The number of hydrogen-bond donors (Lipinski definition) is 1. The van der Waals surface area contributed by atoms with Crippen molar-refractivity contribution in [3.63, 3.8) is 0 Å². The lowest BCUT2D eigenvalue weighted by Crippen LogP contribution is -2.13. The van der Waals surface area contributed by atoms with Crippen LogP contribution in [0.4, 0.5) is 5.69 Å². The van der Waals surface area contributed by atoms with Crippen molar-refractivity contribution in [2.45, 2.75) is 6.92 Å². The van der Waals surface area contributed by atoms with E-state index in [9.17, 15) is 4.79 Å². The summed E-state index contributed by atoms with van der Waals surface area (Å²) >= 11 is 0. The number of nitrogens with one attached hydrogen (secondary N) is 1. The number of carbonyl (C=O) groups is 1. The molecular formula is C21H20N2O3. The first-order valence-corrected chi connectivity index (χ1v) is 8.17. The number of carbonyl (C=O) groups excluding carboxylic acids is 1. The SMILES string of the molecule is COc1ccc(C(=O)Nc2ccc(-c3ccnc(C)c3)cc2)c(OC)c1. The number of pyridine rings is 1. The second-order valence-electron chi connectivity index (χ2n) is 5.78. The fourth-order valence-electron chi connectivity index (χ4n) is 2.66. The van der Waals surface area contributed by atoms with Crippen LogP contribution in [-0.2, 0) is 0 Å².